The molecule has 1 aromatic heterocycles. The number of thiazole rings is 1. The Bertz CT molecular complexity index is 568. The van der Waals surface area contributed by atoms with Crippen molar-refractivity contribution in [3.8, 4) is 5.75 Å². The molecule has 0 aliphatic carbocycles. The number of aromatic nitrogens is 1. The maximum atomic E-state index is 5.13. The lowest BCUT2D eigenvalue weighted by Gasteiger charge is -2.03. The highest BCUT2D eigenvalue weighted by atomic mass is 32.1. The number of anilines is 1. The second-order valence-electron chi connectivity index (χ2n) is 4.20. The molecule has 19 heavy (non-hydrogen) atoms. The molecule has 0 radical (unpaired) electrons. The van der Waals surface area contributed by atoms with E-state index in [-0.39, 0.29) is 0 Å². The third kappa shape index (κ3) is 3.32. The summed E-state index contributed by atoms with van der Waals surface area (Å²) < 4.78 is 5.13. The van der Waals surface area contributed by atoms with Crippen LogP contribution in [0.1, 0.15) is 23.1 Å². The second kappa shape index (κ2) is 5.84. The van der Waals surface area contributed by atoms with Gasteiger partial charge in [-0.1, -0.05) is 0 Å². The van der Waals surface area contributed by atoms with E-state index in [1.807, 2.05) is 38.1 Å². The molecule has 0 aliphatic rings. The van der Waals surface area contributed by atoms with Crippen molar-refractivity contribution in [1.82, 2.24) is 4.98 Å². The molecule has 0 fully saturated rings. The third-order valence-electron chi connectivity index (χ3n) is 2.86. The Morgan fingerprint density at radius 1 is 1.26 bits per heavy atom. The SMILES string of the molecule is COc1ccc(/C(C)=N\Nc2nc(C)c(C)s2)cc1. The second-order valence-corrected chi connectivity index (χ2v) is 5.40. The highest BCUT2D eigenvalue weighted by Gasteiger charge is 2.03. The quantitative estimate of drug-likeness (QED) is 0.685. The highest BCUT2D eigenvalue weighted by molar-refractivity contribution is 7.15. The zero-order valence-corrected chi connectivity index (χ0v) is 12.3. The van der Waals surface area contributed by atoms with E-state index in [4.69, 9.17) is 4.74 Å². The van der Waals surface area contributed by atoms with Gasteiger partial charge in [0, 0.05) is 4.88 Å². The average molecular weight is 275 g/mol. The van der Waals surface area contributed by atoms with Crippen molar-refractivity contribution in [3.63, 3.8) is 0 Å². The van der Waals surface area contributed by atoms with Crippen molar-refractivity contribution in [2.24, 2.45) is 5.10 Å². The Balaban J connectivity index is 2.09. The highest BCUT2D eigenvalue weighted by Crippen LogP contribution is 2.21. The number of nitrogens with zero attached hydrogens (tertiary/aromatic N) is 2. The summed E-state index contributed by atoms with van der Waals surface area (Å²) in [6.07, 6.45) is 0. The molecule has 1 aromatic carbocycles. The fourth-order valence-electron chi connectivity index (χ4n) is 1.55. The Morgan fingerprint density at radius 3 is 2.47 bits per heavy atom. The Morgan fingerprint density at radius 2 is 1.95 bits per heavy atom. The van der Waals surface area contributed by atoms with Crippen LogP contribution in [0.25, 0.3) is 0 Å². The molecule has 4 nitrogen and oxygen atoms in total. The van der Waals surface area contributed by atoms with Gasteiger partial charge >= 0.3 is 0 Å². The van der Waals surface area contributed by atoms with E-state index < -0.39 is 0 Å². The number of nitrogens with one attached hydrogen (secondary N) is 1. The summed E-state index contributed by atoms with van der Waals surface area (Å²) >= 11 is 1.61. The molecular formula is C14H17N3OS. The van der Waals surface area contributed by atoms with Gasteiger partial charge in [0.25, 0.3) is 0 Å². The minimum atomic E-state index is 0.822. The van der Waals surface area contributed by atoms with Crippen LogP contribution in [-0.4, -0.2) is 17.8 Å². The lowest BCUT2D eigenvalue weighted by Crippen LogP contribution is -1.99. The fourth-order valence-corrected chi connectivity index (χ4v) is 2.31. The topological polar surface area (TPSA) is 46.5 Å². The molecule has 0 saturated carbocycles. The summed E-state index contributed by atoms with van der Waals surface area (Å²) in [7, 11) is 1.66. The van der Waals surface area contributed by atoms with Crippen LogP contribution in [0.15, 0.2) is 29.4 Å². The van der Waals surface area contributed by atoms with E-state index in [1.165, 1.54) is 4.88 Å². The maximum absolute atomic E-state index is 5.13. The molecular weight excluding hydrogens is 258 g/mol. The van der Waals surface area contributed by atoms with Crippen LogP contribution in [0.2, 0.25) is 0 Å². The first-order valence-electron chi connectivity index (χ1n) is 5.99. The van der Waals surface area contributed by atoms with Gasteiger partial charge in [-0.05, 0) is 50.6 Å². The minimum absolute atomic E-state index is 0.822. The monoisotopic (exact) mass is 275 g/mol. The average Bonchev–Trinajstić information content (AvgIpc) is 2.75. The van der Waals surface area contributed by atoms with Crippen molar-refractivity contribution < 1.29 is 4.74 Å². The predicted molar refractivity (Wildman–Crippen MR) is 80.4 cm³/mol. The molecule has 0 bridgehead atoms. The van der Waals surface area contributed by atoms with Crippen molar-refractivity contribution in [2.45, 2.75) is 20.8 Å². The summed E-state index contributed by atoms with van der Waals surface area (Å²) in [6, 6.07) is 7.81. The van der Waals surface area contributed by atoms with Crippen LogP contribution in [0.4, 0.5) is 5.13 Å². The van der Waals surface area contributed by atoms with E-state index in [1.54, 1.807) is 18.4 Å². The van der Waals surface area contributed by atoms with Crippen LogP contribution < -0.4 is 10.2 Å². The fraction of sp³-hybridized carbons (Fsp3) is 0.286. The molecule has 0 unspecified atom stereocenters. The van der Waals surface area contributed by atoms with Crippen LogP contribution >= 0.6 is 11.3 Å². The largest absolute Gasteiger partial charge is 0.497 e. The standard InChI is InChI=1S/C14H17N3OS/c1-9-11(3)19-14(15-9)17-16-10(2)12-5-7-13(18-4)8-6-12/h5-8H,1-4H3,(H,15,17)/b16-10-. The van der Waals surface area contributed by atoms with Gasteiger partial charge < -0.3 is 4.74 Å². The summed E-state index contributed by atoms with van der Waals surface area (Å²) in [4.78, 5) is 5.59. The maximum Gasteiger partial charge on any atom is 0.203 e. The number of hydrazone groups is 1. The molecule has 0 spiro atoms. The van der Waals surface area contributed by atoms with Crippen LogP contribution in [0.3, 0.4) is 0 Å². The van der Waals surface area contributed by atoms with Gasteiger partial charge in [0.2, 0.25) is 5.13 Å². The molecule has 2 aromatic rings. The van der Waals surface area contributed by atoms with E-state index >= 15 is 0 Å². The first-order valence-corrected chi connectivity index (χ1v) is 6.80. The van der Waals surface area contributed by atoms with E-state index in [9.17, 15) is 0 Å². The molecule has 1 N–H and O–H groups in total. The van der Waals surface area contributed by atoms with Crippen molar-refractivity contribution >= 4 is 22.2 Å². The molecule has 2 rings (SSSR count). The van der Waals surface area contributed by atoms with Gasteiger partial charge in [-0.15, -0.1) is 11.3 Å². The zero-order valence-electron chi connectivity index (χ0n) is 11.5. The molecule has 0 amide bonds. The lowest BCUT2D eigenvalue weighted by molar-refractivity contribution is 0.415. The smallest absolute Gasteiger partial charge is 0.203 e. The van der Waals surface area contributed by atoms with Gasteiger partial charge in [0.15, 0.2) is 0 Å². The molecule has 5 heteroatoms. The Hall–Kier alpha value is -1.88. The zero-order chi connectivity index (χ0) is 13.8. The summed E-state index contributed by atoms with van der Waals surface area (Å²) in [5.74, 6) is 0.843. The van der Waals surface area contributed by atoms with Crippen molar-refractivity contribution in [1.29, 1.82) is 0 Å². The molecule has 0 saturated heterocycles. The number of hydrogen-bond acceptors (Lipinski definition) is 5. The minimum Gasteiger partial charge on any atom is -0.497 e. The normalized spacial score (nSPS) is 11.5. The Labute approximate surface area is 117 Å². The number of hydrogen-bond donors (Lipinski definition) is 1. The summed E-state index contributed by atoms with van der Waals surface area (Å²) in [5, 5.41) is 5.17. The third-order valence-corrected chi connectivity index (χ3v) is 3.83. The number of rotatable bonds is 4. The van der Waals surface area contributed by atoms with Crippen molar-refractivity contribution in [2.75, 3.05) is 12.5 Å². The van der Waals surface area contributed by atoms with Crippen LogP contribution in [0.5, 0.6) is 5.75 Å². The molecule has 100 valence electrons. The first-order chi connectivity index (χ1) is 9.10. The summed E-state index contributed by atoms with van der Waals surface area (Å²) in [6.45, 7) is 6.01. The lowest BCUT2D eigenvalue weighted by atomic mass is 10.1. The van der Waals surface area contributed by atoms with Crippen LogP contribution in [0, 0.1) is 13.8 Å². The van der Waals surface area contributed by atoms with E-state index in [0.717, 1.165) is 27.9 Å². The molecule has 1 heterocycles. The van der Waals surface area contributed by atoms with Gasteiger partial charge in [0.1, 0.15) is 5.75 Å². The molecule has 0 aliphatic heterocycles. The molecule has 0 atom stereocenters. The number of ether oxygens (including phenoxy) is 1. The van der Waals surface area contributed by atoms with Gasteiger partial charge in [-0.2, -0.15) is 5.10 Å². The van der Waals surface area contributed by atoms with Gasteiger partial charge in [0.05, 0.1) is 18.5 Å². The number of methoxy groups -OCH3 is 1. The predicted octanol–water partition coefficient (Wildman–Crippen LogP) is 3.60. The van der Waals surface area contributed by atoms with Gasteiger partial charge in [-0.25, -0.2) is 4.98 Å². The summed E-state index contributed by atoms with van der Waals surface area (Å²) in [5.41, 5.74) is 6.01. The Kier molecular flexibility index (Phi) is 4.16. The van der Waals surface area contributed by atoms with Crippen LogP contribution in [-0.2, 0) is 0 Å². The van der Waals surface area contributed by atoms with E-state index in [0.29, 0.717) is 0 Å². The van der Waals surface area contributed by atoms with Crippen molar-refractivity contribution in [3.05, 3.63) is 40.4 Å². The van der Waals surface area contributed by atoms with E-state index in [2.05, 4.69) is 22.4 Å². The number of benzene rings is 1. The first kappa shape index (κ1) is 13.5. The van der Waals surface area contributed by atoms with Gasteiger partial charge in [-0.3, -0.25) is 5.43 Å². The number of aryl methyl sites for hydroxylation is 2.